The van der Waals surface area contributed by atoms with E-state index in [0.717, 1.165) is 4.88 Å². The number of thiophene rings is 1. The molecule has 0 aliphatic carbocycles. The molecule has 5 nitrogen and oxygen atoms in total. The topological polar surface area (TPSA) is 75.6 Å². The van der Waals surface area contributed by atoms with Crippen molar-refractivity contribution in [1.29, 1.82) is 0 Å². The van der Waals surface area contributed by atoms with E-state index in [1.54, 1.807) is 24.3 Å². The molecule has 1 heterocycles. The van der Waals surface area contributed by atoms with Crippen molar-refractivity contribution in [3.8, 4) is 5.75 Å². The Hall–Kier alpha value is -2.34. The minimum absolute atomic E-state index is 0.164. The molecule has 6 heteroatoms. The Bertz CT molecular complexity index is 639. The molecule has 2 N–H and O–H groups in total. The van der Waals surface area contributed by atoms with Gasteiger partial charge in [-0.05, 0) is 30.5 Å². The summed E-state index contributed by atoms with van der Waals surface area (Å²) in [5.41, 5.74) is 0.399. The molecule has 1 aromatic carbocycles. The fourth-order valence-corrected chi connectivity index (χ4v) is 2.84. The van der Waals surface area contributed by atoms with E-state index >= 15 is 0 Å². The number of nitrogens with one attached hydrogen (secondary N) is 1. The normalized spacial score (nSPS) is 11.7. The van der Waals surface area contributed by atoms with E-state index in [1.807, 2.05) is 24.4 Å². The lowest BCUT2D eigenvalue weighted by molar-refractivity contribution is -0.137. The summed E-state index contributed by atoms with van der Waals surface area (Å²) in [5, 5.41) is 13.7. The van der Waals surface area contributed by atoms with Crippen molar-refractivity contribution in [2.45, 2.75) is 19.4 Å². The van der Waals surface area contributed by atoms with Gasteiger partial charge in [-0.2, -0.15) is 0 Å². The molecule has 1 amide bonds. The van der Waals surface area contributed by atoms with Gasteiger partial charge in [0.15, 0.2) is 0 Å². The molecule has 0 saturated carbocycles. The van der Waals surface area contributed by atoms with E-state index in [9.17, 15) is 9.59 Å². The molecular weight excluding hydrogens is 302 g/mol. The Kier molecular flexibility index (Phi) is 5.55. The Morgan fingerprint density at radius 1 is 1.27 bits per heavy atom. The lowest BCUT2D eigenvalue weighted by Gasteiger charge is -2.17. The van der Waals surface area contributed by atoms with Crippen LogP contribution in [-0.2, 0) is 4.79 Å². The third-order valence-electron chi connectivity index (χ3n) is 3.00. The van der Waals surface area contributed by atoms with Crippen LogP contribution in [0.1, 0.15) is 34.6 Å². The standard InChI is InChI=1S/C16H17NO4S/c1-2-21-13-7-4-3-6-11(13)16(20)17-12(10-15(18)19)14-8-5-9-22-14/h3-9,12H,2,10H2,1H3,(H,17,20)(H,18,19). The van der Waals surface area contributed by atoms with Gasteiger partial charge < -0.3 is 15.2 Å². The maximum absolute atomic E-state index is 12.4. The van der Waals surface area contributed by atoms with Crippen molar-refractivity contribution in [1.82, 2.24) is 5.32 Å². The first-order valence-corrected chi connectivity index (χ1v) is 7.77. The Morgan fingerprint density at radius 3 is 2.68 bits per heavy atom. The van der Waals surface area contributed by atoms with Gasteiger partial charge in [0, 0.05) is 4.88 Å². The van der Waals surface area contributed by atoms with Gasteiger partial charge in [-0.15, -0.1) is 11.3 Å². The maximum Gasteiger partial charge on any atom is 0.305 e. The molecule has 0 radical (unpaired) electrons. The smallest absolute Gasteiger partial charge is 0.305 e. The average molecular weight is 319 g/mol. The number of carboxylic acids is 1. The number of hydrogen-bond donors (Lipinski definition) is 2. The number of hydrogen-bond acceptors (Lipinski definition) is 4. The fourth-order valence-electron chi connectivity index (χ4n) is 2.06. The summed E-state index contributed by atoms with van der Waals surface area (Å²) in [7, 11) is 0. The van der Waals surface area contributed by atoms with Gasteiger partial charge in [0.25, 0.3) is 5.91 Å². The van der Waals surface area contributed by atoms with Crippen molar-refractivity contribution in [2.75, 3.05) is 6.61 Å². The molecule has 1 atom stereocenters. The lowest BCUT2D eigenvalue weighted by Crippen LogP contribution is -2.30. The molecule has 0 spiro atoms. The van der Waals surface area contributed by atoms with Gasteiger partial charge >= 0.3 is 5.97 Å². The molecule has 0 bridgehead atoms. The summed E-state index contributed by atoms with van der Waals surface area (Å²) in [6, 6.07) is 9.99. The first-order valence-electron chi connectivity index (χ1n) is 6.89. The number of carbonyl (C=O) groups excluding carboxylic acids is 1. The molecule has 0 fully saturated rings. The fraction of sp³-hybridized carbons (Fsp3) is 0.250. The Morgan fingerprint density at radius 2 is 2.05 bits per heavy atom. The molecule has 1 unspecified atom stereocenters. The van der Waals surface area contributed by atoms with Gasteiger partial charge in [-0.25, -0.2) is 0 Å². The third-order valence-corrected chi connectivity index (χ3v) is 3.99. The van der Waals surface area contributed by atoms with Crippen LogP contribution in [0.15, 0.2) is 41.8 Å². The van der Waals surface area contributed by atoms with Crippen LogP contribution in [0.25, 0.3) is 0 Å². The summed E-state index contributed by atoms with van der Waals surface area (Å²) in [6.07, 6.45) is -0.164. The molecule has 2 rings (SSSR count). The van der Waals surface area contributed by atoms with E-state index in [0.29, 0.717) is 17.9 Å². The highest BCUT2D eigenvalue weighted by Crippen LogP contribution is 2.24. The summed E-state index contributed by atoms with van der Waals surface area (Å²) >= 11 is 1.42. The minimum atomic E-state index is -0.961. The van der Waals surface area contributed by atoms with Gasteiger partial charge in [0.05, 0.1) is 24.6 Å². The van der Waals surface area contributed by atoms with Crippen LogP contribution in [0.3, 0.4) is 0 Å². The van der Waals surface area contributed by atoms with Crippen molar-refractivity contribution in [2.24, 2.45) is 0 Å². The van der Waals surface area contributed by atoms with Gasteiger partial charge in [-0.3, -0.25) is 9.59 Å². The summed E-state index contributed by atoms with van der Waals surface area (Å²) in [6.45, 7) is 2.29. The molecular formula is C16H17NO4S. The van der Waals surface area contributed by atoms with Crippen LogP contribution in [0.5, 0.6) is 5.75 Å². The highest BCUT2D eigenvalue weighted by molar-refractivity contribution is 7.10. The molecule has 1 aromatic heterocycles. The molecule has 0 aliphatic rings. The zero-order chi connectivity index (χ0) is 15.9. The van der Waals surface area contributed by atoms with Crippen molar-refractivity contribution in [3.05, 3.63) is 52.2 Å². The number of aliphatic carboxylic acids is 1. The summed E-state index contributed by atoms with van der Waals surface area (Å²) in [5.74, 6) is -0.816. The second-order valence-corrected chi connectivity index (χ2v) is 5.55. The Labute approximate surface area is 132 Å². The van der Waals surface area contributed by atoms with Gasteiger partial charge in [0.1, 0.15) is 5.75 Å². The molecule has 2 aromatic rings. The lowest BCUT2D eigenvalue weighted by atomic mass is 10.1. The zero-order valence-electron chi connectivity index (χ0n) is 12.1. The number of rotatable bonds is 7. The predicted octanol–water partition coefficient (Wildman–Crippen LogP) is 3.09. The molecule has 0 aliphatic heterocycles. The van der Waals surface area contributed by atoms with E-state index in [1.165, 1.54) is 11.3 Å². The van der Waals surface area contributed by atoms with Crippen molar-refractivity contribution < 1.29 is 19.4 Å². The third kappa shape index (κ3) is 4.08. The molecule has 22 heavy (non-hydrogen) atoms. The van der Waals surface area contributed by atoms with Gasteiger partial charge in [0.2, 0.25) is 0 Å². The number of para-hydroxylation sites is 1. The first-order chi connectivity index (χ1) is 10.6. The number of benzene rings is 1. The predicted molar refractivity (Wildman–Crippen MR) is 84.4 cm³/mol. The van der Waals surface area contributed by atoms with Gasteiger partial charge in [-0.1, -0.05) is 18.2 Å². The van der Waals surface area contributed by atoms with E-state index < -0.39 is 12.0 Å². The highest BCUT2D eigenvalue weighted by atomic mass is 32.1. The highest BCUT2D eigenvalue weighted by Gasteiger charge is 2.21. The van der Waals surface area contributed by atoms with Crippen LogP contribution in [-0.4, -0.2) is 23.6 Å². The summed E-state index contributed by atoms with van der Waals surface area (Å²) in [4.78, 5) is 24.3. The number of ether oxygens (including phenoxy) is 1. The first kappa shape index (κ1) is 16.0. The van der Waals surface area contributed by atoms with Crippen LogP contribution >= 0.6 is 11.3 Å². The summed E-state index contributed by atoms with van der Waals surface area (Å²) < 4.78 is 5.44. The van der Waals surface area contributed by atoms with Crippen LogP contribution in [0.2, 0.25) is 0 Å². The van der Waals surface area contributed by atoms with Crippen LogP contribution < -0.4 is 10.1 Å². The molecule has 0 saturated heterocycles. The van der Waals surface area contributed by atoms with Crippen LogP contribution in [0.4, 0.5) is 0 Å². The minimum Gasteiger partial charge on any atom is -0.493 e. The van der Waals surface area contributed by atoms with Crippen molar-refractivity contribution in [3.63, 3.8) is 0 Å². The second-order valence-electron chi connectivity index (χ2n) is 4.57. The Balaban J connectivity index is 2.19. The quantitative estimate of drug-likeness (QED) is 0.822. The number of carbonyl (C=O) groups is 2. The number of carboxylic acid groups (broad SMARTS) is 1. The van der Waals surface area contributed by atoms with Crippen LogP contribution in [0, 0.1) is 0 Å². The van der Waals surface area contributed by atoms with E-state index in [4.69, 9.17) is 9.84 Å². The van der Waals surface area contributed by atoms with E-state index in [2.05, 4.69) is 5.32 Å². The monoisotopic (exact) mass is 319 g/mol. The zero-order valence-corrected chi connectivity index (χ0v) is 12.9. The second kappa shape index (κ2) is 7.61. The molecule has 116 valence electrons. The largest absolute Gasteiger partial charge is 0.493 e. The number of amides is 1. The van der Waals surface area contributed by atoms with E-state index in [-0.39, 0.29) is 12.3 Å². The average Bonchev–Trinajstić information content (AvgIpc) is 3.01. The maximum atomic E-state index is 12.4. The van der Waals surface area contributed by atoms with Crippen molar-refractivity contribution >= 4 is 23.2 Å². The SMILES string of the molecule is CCOc1ccccc1C(=O)NC(CC(=O)O)c1cccs1.